The van der Waals surface area contributed by atoms with Crippen molar-refractivity contribution < 1.29 is 17.9 Å². The Hall–Kier alpha value is -0.860. The van der Waals surface area contributed by atoms with Crippen LogP contribution < -0.4 is 5.32 Å². The number of carbonyl (C=O) groups is 1. The molecule has 1 saturated heterocycles. The Labute approximate surface area is 147 Å². The topological polar surface area (TPSA) is 75.7 Å². The second-order valence-corrected chi connectivity index (χ2v) is 7.55. The molecule has 0 radical (unpaired) electrons. The van der Waals surface area contributed by atoms with Gasteiger partial charge in [0.1, 0.15) is 0 Å². The zero-order valence-corrected chi connectivity index (χ0v) is 15.3. The number of rotatable bonds is 5. The molecule has 1 unspecified atom stereocenters. The molecule has 130 valence electrons. The Morgan fingerprint density at radius 2 is 2.17 bits per heavy atom. The molecule has 1 heterocycles. The van der Waals surface area contributed by atoms with E-state index in [0.29, 0.717) is 13.1 Å². The highest BCUT2D eigenvalue weighted by molar-refractivity contribution is 7.89. The molecule has 9 heteroatoms. The van der Waals surface area contributed by atoms with Gasteiger partial charge in [-0.2, -0.15) is 4.31 Å². The van der Waals surface area contributed by atoms with Crippen LogP contribution in [0.2, 0.25) is 5.02 Å². The molecule has 1 fully saturated rings. The third-order valence-corrected chi connectivity index (χ3v) is 5.86. The Morgan fingerprint density at radius 1 is 1.48 bits per heavy atom. The van der Waals surface area contributed by atoms with Crippen molar-refractivity contribution in [1.29, 1.82) is 0 Å². The highest BCUT2D eigenvalue weighted by Gasteiger charge is 2.34. The van der Waals surface area contributed by atoms with E-state index in [2.05, 4.69) is 10.1 Å². The van der Waals surface area contributed by atoms with Crippen molar-refractivity contribution in [3.8, 4) is 0 Å². The van der Waals surface area contributed by atoms with Crippen LogP contribution in [0.1, 0.15) is 16.8 Å². The largest absolute Gasteiger partial charge is 0.465 e. The van der Waals surface area contributed by atoms with E-state index in [9.17, 15) is 13.2 Å². The first-order chi connectivity index (χ1) is 10.4. The monoisotopic (exact) mass is 382 g/mol. The average molecular weight is 383 g/mol. The van der Waals surface area contributed by atoms with Crippen molar-refractivity contribution in [2.45, 2.75) is 11.3 Å². The van der Waals surface area contributed by atoms with E-state index in [1.165, 1.54) is 29.6 Å². The van der Waals surface area contributed by atoms with Gasteiger partial charge < -0.3 is 10.1 Å². The maximum absolute atomic E-state index is 12.8. The molecule has 0 aliphatic carbocycles. The van der Waals surface area contributed by atoms with Gasteiger partial charge in [-0.3, -0.25) is 0 Å². The number of carbonyl (C=O) groups excluding carboxylic acids is 1. The number of halogens is 2. The number of esters is 1. The molecule has 1 aliphatic rings. The minimum Gasteiger partial charge on any atom is -0.465 e. The van der Waals surface area contributed by atoms with Crippen LogP contribution in [-0.2, 0) is 14.8 Å². The molecule has 1 atom stereocenters. The lowest BCUT2D eigenvalue weighted by molar-refractivity contribution is 0.0596. The van der Waals surface area contributed by atoms with Crippen molar-refractivity contribution >= 4 is 40.0 Å². The molecule has 2 rings (SSSR count). The molecule has 0 bridgehead atoms. The lowest BCUT2D eigenvalue weighted by Gasteiger charge is -2.18. The lowest BCUT2D eigenvalue weighted by atomic mass is 10.1. The molecule has 6 nitrogen and oxygen atoms in total. The molecule has 1 aliphatic heterocycles. The summed E-state index contributed by atoms with van der Waals surface area (Å²) in [4.78, 5) is 11.8. The summed E-state index contributed by atoms with van der Waals surface area (Å²) in [6, 6.07) is 4.14. The van der Waals surface area contributed by atoms with Crippen molar-refractivity contribution in [3.63, 3.8) is 0 Å². The fourth-order valence-corrected chi connectivity index (χ4v) is 4.47. The third-order valence-electron chi connectivity index (χ3n) is 3.71. The molecule has 1 aromatic rings. The van der Waals surface area contributed by atoms with E-state index in [4.69, 9.17) is 11.6 Å². The van der Waals surface area contributed by atoms with Gasteiger partial charge in [0.15, 0.2) is 0 Å². The minimum atomic E-state index is -3.75. The van der Waals surface area contributed by atoms with E-state index in [1.54, 1.807) is 0 Å². The summed E-state index contributed by atoms with van der Waals surface area (Å²) in [5.41, 5.74) is -0.0351. The molecule has 1 aromatic carbocycles. The number of nitrogens with one attached hydrogen (secondary N) is 1. The van der Waals surface area contributed by atoms with Crippen LogP contribution in [-0.4, -0.2) is 52.5 Å². The van der Waals surface area contributed by atoms with Crippen LogP contribution in [0.4, 0.5) is 0 Å². The van der Waals surface area contributed by atoms with E-state index >= 15 is 0 Å². The summed E-state index contributed by atoms with van der Waals surface area (Å²) in [6.45, 7) is 1.64. The maximum Gasteiger partial charge on any atom is 0.339 e. The molecule has 0 spiro atoms. The fraction of sp³-hybridized carbons (Fsp3) is 0.500. The molecule has 0 saturated carbocycles. The summed E-state index contributed by atoms with van der Waals surface area (Å²) in [5, 5.41) is 3.34. The fourth-order valence-electron chi connectivity index (χ4n) is 2.61. The van der Waals surface area contributed by atoms with Gasteiger partial charge in [0, 0.05) is 18.1 Å². The first-order valence-electron chi connectivity index (χ1n) is 6.92. The van der Waals surface area contributed by atoms with Crippen LogP contribution in [0.3, 0.4) is 0 Å². The SMILES string of the molecule is CNCC1CCN(S(=O)(=O)c2ccc(Cl)cc2C(=O)OC)C1.Cl. The summed E-state index contributed by atoms with van der Waals surface area (Å²) in [6.07, 6.45) is 0.793. The second kappa shape index (κ2) is 8.30. The summed E-state index contributed by atoms with van der Waals surface area (Å²) in [5.74, 6) is -0.444. The molecular formula is C14H20Cl2N2O4S. The number of ether oxygens (including phenoxy) is 1. The predicted octanol–water partition coefficient (Wildman–Crippen LogP) is 1.78. The Kier molecular flexibility index (Phi) is 7.29. The van der Waals surface area contributed by atoms with Gasteiger partial charge in [0.2, 0.25) is 10.0 Å². The molecule has 1 N–H and O–H groups in total. The molecule has 0 amide bonds. The zero-order valence-electron chi connectivity index (χ0n) is 12.9. The van der Waals surface area contributed by atoms with Crippen molar-refractivity contribution in [1.82, 2.24) is 9.62 Å². The van der Waals surface area contributed by atoms with Crippen molar-refractivity contribution in [2.24, 2.45) is 5.92 Å². The smallest absolute Gasteiger partial charge is 0.339 e. The maximum atomic E-state index is 12.8. The predicted molar refractivity (Wildman–Crippen MR) is 90.8 cm³/mol. The van der Waals surface area contributed by atoms with Crippen LogP contribution in [0.15, 0.2) is 23.1 Å². The van der Waals surface area contributed by atoms with Gasteiger partial charge >= 0.3 is 5.97 Å². The average Bonchev–Trinajstić information content (AvgIpc) is 2.96. The highest BCUT2D eigenvalue weighted by atomic mass is 35.5. The Balaban J connectivity index is 0.00000264. The number of hydrogen-bond acceptors (Lipinski definition) is 5. The van der Waals surface area contributed by atoms with E-state index < -0.39 is 16.0 Å². The first-order valence-corrected chi connectivity index (χ1v) is 8.74. The van der Waals surface area contributed by atoms with Gasteiger partial charge in [-0.1, -0.05) is 11.6 Å². The van der Waals surface area contributed by atoms with E-state index in [1.807, 2.05) is 7.05 Å². The standard InChI is InChI=1S/C14H19ClN2O4S.ClH/c1-16-8-10-5-6-17(9-10)22(19,20)13-4-3-11(15)7-12(13)14(18)21-2;/h3-4,7,10,16H,5-6,8-9H2,1-2H3;1H. The Morgan fingerprint density at radius 3 is 2.78 bits per heavy atom. The quantitative estimate of drug-likeness (QED) is 0.785. The lowest BCUT2D eigenvalue weighted by Crippen LogP contribution is -2.31. The summed E-state index contributed by atoms with van der Waals surface area (Å²) >= 11 is 5.87. The van der Waals surface area contributed by atoms with Crippen LogP contribution in [0.25, 0.3) is 0 Å². The normalized spacial score (nSPS) is 18.5. The van der Waals surface area contributed by atoms with Crippen molar-refractivity contribution in [3.05, 3.63) is 28.8 Å². The van der Waals surface area contributed by atoms with Gasteiger partial charge in [-0.15, -0.1) is 12.4 Å². The van der Waals surface area contributed by atoms with Gasteiger partial charge in [0.25, 0.3) is 0 Å². The van der Waals surface area contributed by atoms with Crippen LogP contribution in [0.5, 0.6) is 0 Å². The van der Waals surface area contributed by atoms with Crippen molar-refractivity contribution in [2.75, 3.05) is 33.8 Å². The number of nitrogens with zero attached hydrogens (tertiary/aromatic N) is 1. The molecule has 0 aromatic heterocycles. The van der Waals surface area contributed by atoms with Crippen LogP contribution >= 0.6 is 24.0 Å². The summed E-state index contributed by atoms with van der Waals surface area (Å²) < 4.78 is 31.6. The zero-order chi connectivity index (χ0) is 16.3. The highest BCUT2D eigenvalue weighted by Crippen LogP contribution is 2.28. The number of benzene rings is 1. The van der Waals surface area contributed by atoms with E-state index in [-0.39, 0.29) is 33.8 Å². The van der Waals surface area contributed by atoms with Gasteiger partial charge in [-0.25, -0.2) is 13.2 Å². The van der Waals surface area contributed by atoms with Crippen LogP contribution in [0, 0.1) is 5.92 Å². The number of hydrogen-bond donors (Lipinski definition) is 1. The molecular weight excluding hydrogens is 363 g/mol. The first kappa shape index (κ1) is 20.2. The molecule has 23 heavy (non-hydrogen) atoms. The van der Waals surface area contributed by atoms with Gasteiger partial charge in [0.05, 0.1) is 17.6 Å². The van der Waals surface area contributed by atoms with Gasteiger partial charge in [-0.05, 0) is 44.1 Å². The van der Waals surface area contributed by atoms with E-state index in [0.717, 1.165) is 13.0 Å². The summed E-state index contributed by atoms with van der Waals surface area (Å²) in [7, 11) is -0.701. The third kappa shape index (κ3) is 4.36. The minimum absolute atomic E-state index is 0. The number of methoxy groups -OCH3 is 1. The Bertz CT molecular complexity index is 667. The number of sulfonamides is 1. The second-order valence-electron chi connectivity index (χ2n) is 5.21.